The molecule has 37 heavy (non-hydrogen) atoms. The Morgan fingerprint density at radius 2 is 1.65 bits per heavy atom. The predicted octanol–water partition coefficient (Wildman–Crippen LogP) is 7.53. The molecule has 0 aliphatic heterocycles. The molecule has 3 rings (SSSR count). The third kappa shape index (κ3) is 9.84. The van der Waals surface area contributed by atoms with Crippen molar-refractivity contribution >= 4 is 51.1 Å². The van der Waals surface area contributed by atoms with Crippen LogP contribution < -0.4 is 5.32 Å². The van der Waals surface area contributed by atoms with Crippen LogP contribution in [0.3, 0.4) is 0 Å². The quantitative estimate of drug-likeness (QED) is 0.163. The minimum Gasteiger partial charge on any atom is -0.352 e. The number of rotatable bonds is 13. The summed E-state index contributed by atoms with van der Waals surface area (Å²) in [7, 11) is 0. The Hall–Kier alpha value is -2.28. The predicted molar refractivity (Wildman–Crippen MR) is 158 cm³/mol. The molecule has 3 aromatic carbocycles. The highest BCUT2D eigenvalue weighted by molar-refractivity contribution is 9.10. The van der Waals surface area contributed by atoms with E-state index < -0.39 is 6.04 Å². The maximum absolute atomic E-state index is 13.7. The Morgan fingerprint density at radius 3 is 2.30 bits per heavy atom. The maximum Gasteiger partial charge on any atom is 0.243 e. The average molecular weight is 602 g/mol. The second-order valence-electron chi connectivity index (χ2n) is 9.08. The molecule has 0 unspecified atom stereocenters. The van der Waals surface area contributed by atoms with E-state index >= 15 is 0 Å². The van der Waals surface area contributed by atoms with E-state index in [0.717, 1.165) is 32.7 Å². The molecule has 3 aromatic rings. The first-order valence-electron chi connectivity index (χ1n) is 12.6. The molecule has 0 bridgehead atoms. The molecule has 0 aliphatic carbocycles. The zero-order chi connectivity index (χ0) is 26.6. The lowest BCUT2D eigenvalue weighted by Crippen LogP contribution is -2.52. The highest BCUT2D eigenvalue weighted by Gasteiger charge is 2.30. The van der Waals surface area contributed by atoms with Crippen LogP contribution in [0.4, 0.5) is 0 Å². The van der Waals surface area contributed by atoms with Crippen LogP contribution in [0.15, 0.2) is 88.2 Å². The van der Waals surface area contributed by atoms with Gasteiger partial charge in [0, 0.05) is 39.8 Å². The number of nitrogens with zero attached hydrogens (tertiary/aromatic N) is 1. The summed E-state index contributed by atoms with van der Waals surface area (Å²) in [6, 6.07) is 25.0. The van der Waals surface area contributed by atoms with Crippen LogP contribution in [0.1, 0.15) is 44.2 Å². The molecule has 0 heterocycles. The average Bonchev–Trinajstić information content (AvgIpc) is 2.91. The number of carbonyl (C=O) groups is 2. The van der Waals surface area contributed by atoms with Gasteiger partial charge in [0.25, 0.3) is 0 Å². The number of nitrogens with one attached hydrogen (secondary N) is 1. The van der Waals surface area contributed by atoms with Crippen molar-refractivity contribution in [3.05, 3.63) is 99.5 Å². The number of hydrogen-bond acceptors (Lipinski definition) is 3. The molecular weight excluding hydrogens is 568 g/mol. The van der Waals surface area contributed by atoms with Gasteiger partial charge in [0.1, 0.15) is 6.04 Å². The highest BCUT2D eigenvalue weighted by Crippen LogP contribution is 2.23. The van der Waals surface area contributed by atoms with E-state index in [1.54, 1.807) is 16.7 Å². The number of thioether (sulfide) groups is 1. The lowest BCUT2D eigenvalue weighted by atomic mass is 10.0. The Labute approximate surface area is 238 Å². The first kappa shape index (κ1) is 29.3. The number of benzene rings is 3. The topological polar surface area (TPSA) is 49.4 Å². The number of hydrogen-bond donors (Lipinski definition) is 1. The fraction of sp³-hybridized carbons (Fsp3) is 0.333. The standard InChI is InChI=1S/C30H34BrClN2O2S/c1-3-22(2)33-30(36)28(20-23-8-5-4-6-9-23)34(21-24-11-13-25(31)14-12-24)29(35)10-7-19-37-27-17-15-26(32)16-18-27/h4-6,8-9,11-18,22,28H,3,7,10,19-21H2,1-2H3,(H,33,36)/t22-,28+/m0/s1. The molecule has 4 nitrogen and oxygen atoms in total. The first-order valence-corrected chi connectivity index (χ1v) is 14.8. The molecule has 0 saturated carbocycles. The van der Waals surface area contributed by atoms with Crippen molar-refractivity contribution < 1.29 is 9.59 Å². The molecule has 7 heteroatoms. The van der Waals surface area contributed by atoms with Crippen LogP contribution in [0.25, 0.3) is 0 Å². The van der Waals surface area contributed by atoms with Gasteiger partial charge in [0.15, 0.2) is 0 Å². The first-order chi connectivity index (χ1) is 17.9. The van der Waals surface area contributed by atoms with Crippen molar-refractivity contribution in [1.29, 1.82) is 0 Å². The van der Waals surface area contributed by atoms with Gasteiger partial charge >= 0.3 is 0 Å². The summed E-state index contributed by atoms with van der Waals surface area (Å²) < 4.78 is 0.976. The fourth-order valence-corrected chi connectivity index (χ4v) is 5.11. The van der Waals surface area contributed by atoms with E-state index in [0.29, 0.717) is 30.8 Å². The summed E-state index contributed by atoms with van der Waals surface area (Å²) in [6.45, 7) is 4.41. The smallest absolute Gasteiger partial charge is 0.243 e. The molecule has 0 fully saturated rings. The maximum atomic E-state index is 13.7. The minimum absolute atomic E-state index is 0.0140. The molecule has 0 saturated heterocycles. The second-order valence-corrected chi connectivity index (χ2v) is 11.6. The van der Waals surface area contributed by atoms with Crippen LogP contribution in [0.2, 0.25) is 5.02 Å². The largest absolute Gasteiger partial charge is 0.352 e. The lowest BCUT2D eigenvalue weighted by molar-refractivity contribution is -0.141. The van der Waals surface area contributed by atoms with Crippen molar-refractivity contribution in [2.75, 3.05) is 5.75 Å². The molecule has 2 amide bonds. The van der Waals surface area contributed by atoms with E-state index in [9.17, 15) is 9.59 Å². The third-order valence-electron chi connectivity index (χ3n) is 6.16. The van der Waals surface area contributed by atoms with Crippen LogP contribution >= 0.6 is 39.3 Å². The van der Waals surface area contributed by atoms with Crippen molar-refractivity contribution in [3.8, 4) is 0 Å². The summed E-state index contributed by atoms with van der Waals surface area (Å²) in [6.07, 6.45) is 2.38. The Morgan fingerprint density at radius 1 is 0.973 bits per heavy atom. The highest BCUT2D eigenvalue weighted by atomic mass is 79.9. The molecular formula is C30H34BrClN2O2S. The van der Waals surface area contributed by atoms with Crippen LogP contribution in [0.5, 0.6) is 0 Å². The van der Waals surface area contributed by atoms with Crippen LogP contribution in [-0.4, -0.2) is 34.6 Å². The van der Waals surface area contributed by atoms with Gasteiger partial charge in [-0.3, -0.25) is 9.59 Å². The zero-order valence-corrected chi connectivity index (χ0v) is 24.5. The molecule has 0 aliphatic rings. The van der Waals surface area contributed by atoms with Gasteiger partial charge in [0.05, 0.1) is 0 Å². The van der Waals surface area contributed by atoms with E-state index in [1.165, 1.54) is 0 Å². The van der Waals surface area contributed by atoms with Crippen molar-refractivity contribution in [3.63, 3.8) is 0 Å². The lowest BCUT2D eigenvalue weighted by Gasteiger charge is -2.32. The van der Waals surface area contributed by atoms with E-state index in [4.69, 9.17) is 11.6 Å². The van der Waals surface area contributed by atoms with Gasteiger partial charge in [-0.15, -0.1) is 11.8 Å². The van der Waals surface area contributed by atoms with Crippen molar-refractivity contribution in [2.24, 2.45) is 0 Å². The van der Waals surface area contributed by atoms with Gasteiger partial charge < -0.3 is 10.2 Å². The molecule has 2 atom stereocenters. The molecule has 0 aromatic heterocycles. The van der Waals surface area contributed by atoms with Gasteiger partial charge in [0.2, 0.25) is 11.8 Å². The normalized spacial score (nSPS) is 12.5. The van der Waals surface area contributed by atoms with Crippen LogP contribution in [0, 0.1) is 0 Å². The third-order valence-corrected chi connectivity index (χ3v) is 8.03. The SMILES string of the molecule is CC[C@H](C)NC(=O)[C@@H](Cc1ccccc1)N(Cc1ccc(Br)cc1)C(=O)CCCSc1ccc(Cl)cc1. The zero-order valence-electron chi connectivity index (χ0n) is 21.3. The summed E-state index contributed by atoms with van der Waals surface area (Å²) in [5.74, 6) is 0.682. The van der Waals surface area contributed by atoms with E-state index in [1.807, 2.05) is 92.7 Å². The number of amides is 2. The van der Waals surface area contributed by atoms with Gasteiger partial charge in [-0.05, 0) is 73.0 Å². The monoisotopic (exact) mass is 600 g/mol. The van der Waals surface area contributed by atoms with E-state index in [2.05, 4.69) is 21.2 Å². The van der Waals surface area contributed by atoms with Gasteiger partial charge in [-0.1, -0.05) is 76.9 Å². The summed E-state index contributed by atoms with van der Waals surface area (Å²) in [5.41, 5.74) is 2.01. The fourth-order valence-electron chi connectivity index (χ4n) is 3.87. The van der Waals surface area contributed by atoms with Crippen molar-refractivity contribution in [1.82, 2.24) is 10.2 Å². The minimum atomic E-state index is -0.600. The summed E-state index contributed by atoms with van der Waals surface area (Å²) >= 11 is 11.2. The van der Waals surface area contributed by atoms with E-state index in [-0.39, 0.29) is 17.9 Å². The number of halogens is 2. The second kappa shape index (κ2) is 15.2. The Bertz CT molecular complexity index is 1130. The van der Waals surface area contributed by atoms with Gasteiger partial charge in [-0.25, -0.2) is 0 Å². The Balaban J connectivity index is 1.78. The van der Waals surface area contributed by atoms with Gasteiger partial charge in [-0.2, -0.15) is 0 Å². The summed E-state index contributed by atoms with van der Waals surface area (Å²) in [4.78, 5) is 30.1. The Kier molecular flexibility index (Phi) is 12.0. The molecule has 0 spiro atoms. The van der Waals surface area contributed by atoms with Crippen LogP contribution in [-0.2, 0) is 22.6 Å². The summed E-state index contributed by atoms with van der Waals surface area (Å²) in [5, 5.41) is 3.83. The molecule has 1 N–H and O–H groups in total. The molecule has 196 valence electrons. The molecule has 0 radical (unpaired) electrons. The van der Waals surface area contributed by atoms with Crippen molar-refractivity contribution in [2.45, 2.75) is 63.1 Å². The number of carbonyl (C=O) groups excluding carboxylic acids is 2.